The molecule has 8 nitrogen and oxygen atoms in total. The Morgan fingerprint density at radius 1 is 0.604 bits per heavy atom. The molecule has 0 aromatic heterocycles. The van der Waals surface area contributed by atoms with Crippen LogP contribution in [0.5, 0.6) is 34.5 Å². The molecule has 0 saturated carbocycles. The minimum Gasteiger partial charge on any atom is -0.504 e. The van der Waals surface area contributed by atoms with E-state index in [0.29, 0.717) is 11.5 Å². The van der Waals surface area contributed by atoms with Crippen LogP contribution in [0, 0.1) is 0 Å². The smallest absolute Gasteiger partial charge is 0.173 e. The molecule has 300 valence electrons. The zero-order valence-electron chi connectivity index (χ0n) is 34.2. The second-order valence-corrected chi connectivity index (χ2v) is 28.4. The highest BCUT2D eigenvalue weighted by molar-refractivity contribution is 15.0. The molecule has 0 aliphatic carbocycles. The zero-order chi connectivity index (χ0) is 40.6. The molecule has 0 heterocycles. The molecule has 2 N–H and O–H groups in total. The first-order valence-electron chi connectivity index (χ1n) is 18.0. The van der Waals surface area contributed by atoms with Crippen LogP contribution >= 0.6 is 37.2 Å². The highest BCUT2D eigenvalue weighted by atomic mass is 128. The van der Waals surface area contributed by atoms with Crippen molar-refractivity contribution in [3.8, 4) is 34.5 Å². The van der Waals surface area contributed by atoms with Crippen LogP contribution in [0.2, 0.25) is 64.5 Å². The van der Waals surface area contributed by atoms with Gasteiger partial charge in [0, 0.05) is 37.2 Å². The average Bonchev–Trinajstić information content (AvgIpc) is 3.10. The van der Waals surface area contributed by atoms with Gasteiger partial charge >= 0.3 is 0 Å². The molecule has 0 amide bonds. The first-order valence-corrected chi connectivity index (χ1v) is 36.1. The van der Waals surface area contributed by atoms with Crippen LogP contribution in [-0.4, -0.2) is 73.4 Å². The number of rotatable bonds is 18. The largest absolute Gasteiger partial charge is 0.504 e. The third-order valence-electron chi connectivity index (χ3n) is 7.90. The van der Waals surface area contributed by atoms with Crippen molar-refractivity contribution in [2.24, 2.45) is 0 Å². The lowest BCUT2D eigenvalue weighted by Crippen LogP contribution is -2.44. The zero-order valence-corrected chi connectivity index (χ0v) is 42.8. The summed E-state index contributed by atoms with van der Waals surface area (Å²) in [5, 5.41) is 19.0. The standard InChI is InChI=1S/C25H40O5Si2.C10H12O2.C4H14OSi2.I2/c1-27-23-15-13-21(19-25(23)29-3)11-9-17-32(6,7)30-31(4,5)16-8-10-20-12-14-22(26)24(18-20)28-2;1-3-4-8-5-6-9(11)10(7-8)12-2;1-6(2)5-7(3)4;1-2/h12-15,18-19,26H,8-11,16-17H2,1-7H3;3,5-7,11H,1,4H2,2H3;6-7H,1-4H3;. The fourth-order valence-electron chi connectivity index (χ4n) is 5.76. The first kappa shape index (κ1) is 51.4. The Morgan fingerprint density at radius 3 is 1.36 bits per heavy atom. The van der Waals surface area contributed by atoms with E-state index >= 15 is 0 Å². The third-order valence-corrected chi connectivity index (χ3v) is 19.8. The lowest BCUT2D eigenvalue weighted by molar-refractivity contribution is 0.354. The van der Waals surface area contributed by atoms with Crippen LogP contribution in [0.3, 0.4) is 0 Å². The quantitative estimate of drug-likeness (QED) is 0.0739. The number of ether oxygens (including phenoxy) is 4. The van der Waals surface area contributed by atoms with Crippen LogP contribution in [0.15, 0.2) is 67.3 Å². The van der Waals surface area contributed by atoms with Crippen molar-refractivity contribution < 1.29 is 37.4 Å². The lowest BCUT2D eigenvalue weighted by atomic mass is 10.1. The number of halogens is 2. The third kappa shape index (κ3) is 22.6. The van der Waals surface area contributed by atoms with Crippen LogP contribution in [0.25, 0.3) is 0 Å². The molecule has 0 fully saturated rings. The number of methoxy groups -OCH3 is 4. The molecule has 3 rings (SSSR count). The maximum Gasteiger partial charge on any atom is 0.173 e. The molecule has 0 atom stereocenters. The molecule has 0 bridgehead atoms. The van der Waals surface area contributed by atoms with Gasteiger partial charge < -0.3 is 37.4 Å². The Kier molecular flexibility index (Phi) is 27.1. The van der Waals surface area contributed by atoms with E-state index in [1.165, 1.54) is 18.2 Å². The Hall–Kier alpha value is -1.55. The van der Waals surface area contributed by atoms with E-state index in [1.54, 1.807) is 39.5 Å². The van der Waals surface area contributed by atoms with Gasteiger partial charge in [0.15, 0.2) is 69.2 Å². The fourth-order valence-corrected chi connectivity index (χ4v) is 19.0. The number of hydrogen-bond acceptors (Lipinski definition) is 8. The van der Waals surface area contributed by atoms with Crippen molar-refractivity contribution in [2.45, 2.75) is 96.6 Å². The summed E-state index contributed by atoms with van der Waals surface area (Å²) in [6.07, 6.45) is 6.79. The van der Waals surface area contributed by atoms with Gasteiger partial charge in [0.2, 0.25) is 0 Å². The Balaban J connectivity index is 0.00000105. The van der Waals surface area contributed by atoms with E-state index in [9.17, 15) is 10.2 Å². The number of benzene rings is 3. The summed E-state index contributed by atoms with van der Waals surface area (Å²) < 4.78 is 33.3. The van der Waals surface area contributed by atoms with Gasteiger partial charge in [-0.1, -0.05) is 24.3 Å². The van der Waals surface area contributed by atoms with Gasteiger partial charge in [-0.15, -0.1) is 6.58 Å². The summed E-state index contributed by atoms with van der Waals surface area (Å²) in [4.78, 5) is 0. The summed E-state index contributed by atoms with van der Waals surface area (Å²) in [5.74, 6) is 2.97. The van der Waals surface area contributed by atoms with Gasteiger partial charge in [0.25, 0.3) is 0 Å². The molecular formula is C39H66I2O8Si4. The van der Waals surface area contributed by atoms with Gasteiger partial charge in [-0.2, -0.15) is 0 Å². The molecule has 0 aliphatic rings. The van der Waals surface area contributed by atoms with Gasteiger partial charge in [-0.3, -0.25) is 0 Å². The summed E-state index contributed by atoms with van der Waals surface area (Å²) >= 11 is 4.24. The van der Waals surface area contributed by atoms with Gasteiger partial charge in [-0.25, -0.2) is 0 Å². The van der Waals surface area contributed by atoms with E-state index in [2.05, 4.69) is 108 Å². The van der Waals surface area contributed by atoms with Crippen molar-refractivity contribution in [3.05, 3.63) is 83.9 Å². The number of aryl methyl sites for hydroxylation is 2. The minimum absolute atomic E-state index is 0.172. The summed E-state index contributed by atoms with van der Waals surface area (Å²) in [7, 11) is 1.66. The van der Waals surface area contributed by atoms with Gasteiger partial charge in [0.1, 0.15) is 0 Å². The van der Waals surface area contributed by atoms with Crippen molar-refractivity contribution in [3.63, 3.8) is 0 Å². The monoisotopic (exact) mass is 1030 g/mol. The second kappa shape index (κ2) is 27.9. The average molecular weight is 1030 g/mol. The van der Waals surface area contributed by atoms with Crippen LogP contribution in [-0.2, 0) is 27.5 Å². The molecule has 3 aromatic rings. The highest BCUT2D eigenvalue weighted by Gasteiger charge is 2.32. The topological polar surface area (TPSA) is 95.8 Å². The molecule has 14 heteroatoms. The summed E-state index contributed by atoms with van der Waals surface area (Å²) in [6.45, 7) is 21.9. The molecule has 0 spiro atoms. The van der Waals surface area contributed by atoms with Crippen LogP contribution < -0.4 is 18.9 Å². The Morgan fingerprint density at radius 2 is 0.981 bits per heavy atom. The van der Waals surface area contributed by atoms with Crippen LogP contribution in [0.1, 0.15) is 29.5 Å². The van der Waals surface area contributed by atoms with E-state index in [-0.39, 0.29) is 11.5 Å². The predicted octanol–water partition coefficient (Wildman–Crippen LogP) is 11.3. The maximum atomic E-state index is 9.77. The van der Waals surface area contributed by atoms with Crippen molar-refractivity contribution in [1.29, 1.82) is 0 Å². The van der Waals surface area contributed by atoms with Crippen molar-refractivity contribution in [2.75, 3.05) is 28.4 Å². The number of phenolic OH excluding ortho intramolecular Hbond substituents is 2. The summed E-state index contributed by atoms with van der Waals surface area (Å²) in [6, 6.07) is 19.3. The molecule has 0 saturated heterocycles. The SMILES string of the molecule is C=CCc1ccc(O)c(OC)c1.COc1cc(CCC[Si](C)(C)O[Si](C)(C)CCCc2ccc(OC)c(OC)c2)ccc1O.C[SiH](C)O[SiH](C)C.II. The van der Waals surface area contributed by atoms with E-state index in [1.807, 2.05) is 30.3 Å². The molecule has 0 unspecified atom stereocenters. The van der Waals surface area contributed by atoms with Crippen molar-refractivity contribution in [1.82, 2.24) is 0 Å². The highest BCUT2D eigenvalue weighted by Crippen LogP contribution is 2.31. The number of aromatic hydroxyl groups is 2. The lowest BCUT2D eigenvalue weighted by Gasteiger charge is -2.34. The number of allylic oxidation sites excluding steroid dienone is 1. The molecule has 0 aliphatic heterocycles. The van der Waals surface area contributed by atoms with E-state index < -0.39 is 34.7 Å². The Bertz CT molecular complexity index is 1450. The van der Waals surface area contributed by atoms with Gasteiger partial charge in [0.05, 0.1) is 28.4 Å². The number of phenols is 2. The van der Waals surface area contributed by atoms with E-state index in [0.717, 1.165) is 61.3 Å². The molecular weight excluding hydrogens is 963 g/mol. The molecule has 0 radical (unpaired) electrons. The van der Waals surface area contributed by atoms with E-state index in [4.69, 9.17) is 27.2 Å². The second-order valence-electron chi connectivity index (χ2n) is 14.3. The summed E-state index contributed by atoms with van der Waals surface area (Å²) in [5.41, 5.74) is 3.55. The van der Waals surface area contributed by atoms with Gasteiger partial charge in [-0.05, 0) is 150 Å². The number of hydrogen-bond donors (Lipinski definition) is 2. The van der Waals surface area contributed by atoms with Crippen molar-refractivity contribution >= 4 is 71.9 Å². The maximum absolute atomic E-state index is 9.77. The minimum atomic E-state index is -1.74. The fraction of sp³-hybridized carbons (Fsp3) is 0.487. The Labute approximate surface area is 350 Å². The normalized spacial score (nSPS) is 10.9. The molecule has 53 heavy (non-hydrogen) atoms. The van der Waals surface area contributed by atoms with Crippen LogP contribution in [0.4, 0.5) is 0 Å². The molecule has 3 aromatic carbocycles. The predicted molar refractivity (Wildman–Crippen MR) is 252 cm³/mol. The first-order chi connectivity index (χ1) is 25.0.